The summed E-state index contributed by atoms with van der Waals surface area (Å²) < 4.78 is 5.64. The molecule has 3 atom stereocenters. The number of ether oxygens (including phenoxy) is 1. The fourth-order valence-corrected chi connectivity index (χ4v) is 3.98. The van der Waals surface area contributed by atoms with Gasteiger partial charge in [-0.05, 0) is 25.7 Å². The number of nitrogen functional groups attached to an aromatic ring is 2. The third-order valence-electron chi connectivity index (χ3n) is 5.27. The van der Waals surface area contributed by atoms with Gasteiger partial charge < -0.3 is 16.2 Å². The van der Waals surface area contributed by atoms with E-state index in [1.54, 1.807) is 0 Å². The number of aliphatic imine (C=N–C) groups is 1. The van der Waals surface area contributed by atoms with Gasteiger partial charge in [0, 0.05) is 37.4 Å². The molecule has 3 fully saturated rings. The summed E-state index contributed by atoms with van der Waals surface area (Å²) in [6, 6.07) is 0. The molecular weight excluding hydrogens is 318 g/mol. The molecule has 0 aliphatic heterocycles. The lowest BCUT2D eigenvalue weighted by molar-refractivity contribution is -0.159. The highest BCUT2D eigenvalue weighted by atomic mass is 16.5. The third-order valence-corrected chi connectivity index (χ3v) is 5.27. The van der Waals surface area contributed by atoms with Crippen LogP contribution in [0.5, 0.6) is 0 Å². The van der Waals surface area contributed by atoms with Crippen LogP contribution in [0.2, 0.25) is 0 Å². The number of rotatable bonds is 2. The Morgan fingerprint density at radius 2 is 2.32 bits per heavy atom. The molecule has 3 aliphatic carbocycles. The molecule has 0 aromatic carbocycles. The Morgan fingerprint density at radius 1 is 1.52 bits per heavy atom. The number of hydrogen-bond acceptors (Lipinski definition) is 7. The van der Waals surface area contributed by atoms with Crippen molar-refractivity contribution in [2.75, 3.05) is 18.5 Å². The highest BCUT2D eigenvalue weighted by Gasteiger charge is 2.51. The molecular formula is C18H23N5O2. The first-order valence-corrected chi connectivity index (χ1v) is 8.43. The largest absolute Gasteiger partial charge is 0.462 e. The Balaban J connectivity index is 1.84. The van der Waals surface area contributed by atoms with Gasteiger partial charge in [-0.25, -0.2) is 4.98 Å². The van der Waals surface area contributed by atoms with Gasteiger partial charge in [0.15, 0.2) is 0 Å². The van der Waals surface area contributed by atoms with Crippen molar-refractivity contribution in [2.45, 2.75) is 45.1 Å². The van der Waals surface area contributed by atoms with Crippen LogP contribution in [0.15, 0.2) is 11.2 Å². The summed E-state index contributed by atoms with van der Waals surface area (Å²) in [6.07, 6.45) is 5.75. The minimum Gasteiger partial charge on any atom is -0.462 e. The molecule has 3 saturated carbocycles. The maximum Gasteiger partial charge on any atom is 0.302 e. The quantitative estimate of drug-likeness (QED) is 0.623. The zero-order valence-electron chi connectivity index (χ0n) is 14.6. The molecule has 1 aromatic heterocycles. The van der Waals surface area contributed by atoms with Crippen LogP contribution in [0.25, 0.3) is 0 Å². The summed E-state index contributed by atoms with van der Waals surface area (Å²) in [5.41, 5.74) is 12.9. The summed E-state index contributed by atoms with van der Waals surface area (Å²) in [5.74, 6) is 6.82. The molecule has 1 aromatic rings. The Hall–Kier alpha value is -2.62. The van der Waals surface area contributed by atoms with Crippen molar-refractivity contribution in [3.05, 3.63) is 11.8 Å². The average molecular weight is 341 g/mol. The Morgan fingerprint density at radius 3 is 3.00 bits per heavy atom. The van der Waals surface area contributed by atoms with E-state index in [1.165, 1.54) is 18.8 Å². The van der Waals surface area contributed by atoms with Crippen LogP contribution in [-0.2, 0) is 9.53 Å². The molecule has 0 spiro atoms. The van der Waals surface area contributed by atoms with E-state index in [2.05, 4.69) is 26.8 Å². The lowest BCUT2D eigenvalue weighted by Gasteiger charge is -2.51. The van der Waals surface area contributed by atoms with E-state index in [0.29, 0.717) is 17.9 Å². The topological polar surface area (TPSA) is 116 Å². The number of hydrogen-bond donors (Lipinski definition) is 2. The summed E-state index contributed by atoms with van der Waals surface area (Å²) in [6.45, 7) is 1.46. The fraction of sp³-hybridized carbons (Fsp3) is 0.556. The van der Waals surface area contributed by atoms with Crippen LogP contribution >= 0.6 is 0 Å². The number of fused-ring (bicyclic) bond motifs is 3. The normalized spacial score (nSPS) is 29.1. The minimum atomic E-state index is -0.240. The highest BCUT2D eigenvalue weighted by molar-refractivity contribution is 5.89. The van der Waals surface area contributed by atoms with Gasteiger partial charge in [0.05, 0.1) is 11.8 Å². The van der Waals surface area contributed by atoms with Crippen molar-refractivity contribution in [1.29, 1.82) is 0 Å². The molecule has 4 rings (SSSR count). The number of nitrogens with zero attached hydrogens (tertiary/aromatic N) is 3. The molecule has 7 heteroatoms. The number of esters is 1. The summed E-state index contributed by atoms with van der Waals surface area (Å²) in [4.78, 5) is 23.8. The molecule has 7 nitrogen and oxygen atoms in total. The van der Waals surface area contributed by atoms with Crippen molar-refractivity contribution < 1.29 is 9.53 Å². The zero-order valence-corrected chi connectivity index (χ0v) is 14.6. The second-order valence-electron chi connectivity index (χ2n) is 6.83. The van der Waals surface area contributed by atoms with Gasteiger partial charge in [-0.3, -0.25) is 9.79 Å². The summed E-state index contributed by atoms with van der Waals surface area (Å²) in [5, 5.41) is 0. The first kappa shape index (κ1) is 17.2. The Labute approximate surface area is 147 Å². The van der Waals surface area contributed by atoms with Crippen LogP contribution in [0.3, 0.4) is 0 Å². The second kappa shape index (κ2) is 6.71. The molecule has 4 N–H and O–H groups in total. The van der Waals surface area contributed by atoms with E-state index < -0.39 is 0 Å². The molecule has 1 heterocycles. The number of nitrogens with two attached hydrogens (primary N) is 2. The smallest absolute Gasteiger partial charge is 0.302 e. The van der Waals surface area contributed by atoms with E-state index in [4.69, 9.17) is 16.2 Å². The van der Waals surface area contributed by atoms with Gasteiger partial charge in [0.25, 0.3) is 0 Å². The maximum atomic E-state index is 11.5. The van der Waals surface area contributed by atoms with E-state index in [1.807, 2.05) is 7.05 Å². The first-order valence-electron chi connectivity index (χ1n) is 8.43. The molecule has 132 valence electrons. The number of carbonyl (C=O) groups is 1. The number of carbonyl (C=O) groups excluding carboxylic acids is 1. The minimum absolute atomic E-state index is 0.108. The zero-order chi connectivity index (χ0) is 18.0. The highest BCUT2D eigenvalue weighted by Crippen LogP contribution is 2.52. The molecule has 2 bridgehead atoms. The molecule has 0 radical (unpaired) electrons. The van der Waals surface area contributed by atoms with E-state index >= 15 is 0 Å². The standard InChI is InChI=1S/C18H23N5O2/c1-11(24)25-15-8-12-5-7-18(15,9-14(12)21-2)6-3-4-13-10-22-17(20)23-16(13)19/h10,12,15H,5-9H2,1-2H3,(H4,19,20,22,23). The van der Waals surface area contributed by atoms with Crippen LogP contribution in [-0.4, -0.2) is 34.8 Å². The van der Waals surface area contributed by atoms with Gasteiger partial charge in [-0.1, -0.05) is 11.8 Å². The molecule has 0 saturated heterocycles. The molecule has 0 amide bonds. The average Bonchev–Trinajstić information content (AvgIpc) is 2.57. The summed E-state index contributed by atoms with van der Waals surface area (Å²) >= 11 is 0. The van der Waals surface area contributed by atoms with Crippen molar-refractivity contribution in [1.82, 2.24) is 9.97 Å². The number of anilines is 2. The Kier molecular flexibility index (Phi) is 4.62. The fourth-order valence-electron chi connectivity index (χ4n) is 3.98. The van der Waals surface area contributed by atoms with Gasteiger partial charge in [0.2, 0.25) is 5.95 Å². The lowest BCUT2D eigenvalue weighted by Crippen LogP contribution is -2.51. The van der Waals surface area contributed by atoms with Crippen molar-refractivity contribution in [2.24, 2.45) is 16.3 Å². The molecule has 25 heavy (non-hydrogen) atoms. The van der Waals surface area contributed by atoms with E-state index in [9.17, 15) is 4.79 Å². The van der Waals surface area contributed by atoms with Crippen LogP contribution in [0.4, 0.5) is 11.8 Å². The molecule has 3 unspecified atom stereocenters. The van der Waals surface area contributed by atoms with Gasteiger partial charge in [-0.15, -0.1) is 0 Å². The predicted octanol–water partition coefficient (Wildman–Crippen LogP) is 1.58. The summed E-state index contributed by atoms with van der Waals surface area (Å²) in [7, 11) is 1.84. The van der Waals surface area contributed by atoms with Crippen molar-refractivity contribution in [3.8, 4) is 11.8 Å². The molecule has 3 aliphatic rings. The van der Waals surface area contributed by atoms with Gasteiger partial charge in [0.1, 0.15) is 11.9 Å². The SMILES string of the molecule is CN=C1CC2(CC#Cc3cnc(N)nc3N)CCC1CC2OC(C)=O. The van der Waals surface area contributed by atoms with Gasteiger partial charge >= 0.3 is 5.97 Å². The maximum absolute atomic E-state index is 11.5. The van der Waals surface area contributed by atoms with E-state index in [0.717, 1.165) is 25.7 Å². The Bertz CT molecular complexity index is 779. The number of aromatic nitrogens is 2. The van der Waals surface area contributed by atoms with Gasteiger partial charge in [-0.2, -0.15) is 4.98 Å². The van der Waals surface area contributed by atoms with E-state index in [-0.39, 0.29) is 29.3 Å². The van der Waals surface area contributed by atoms with Crippen LogP contribution in [0, 0.1) is 23.2 Å². The van der Waals surface area contributed by atoms with Crippen LogP contribution in [0.1, 0.15) is 44.6 Å². The first-order chi connectivity index (χ1) is 11.9. The van der Waals surface area contributed by atoms with Crippen LogP contribution < -0.4 is 11.5 Å². The van der Waals surface area contributed by atoms with Crippen molar-refractivity contribution in [3.63, 3.8) is 0 Å². The predicted molar refractivity (Wildman–Crippen MR) is 95.7 cm³/mol. The van der Waals surface area contributed by atoms with Crippen molar-refractivity contribution >= 4 is 23.4 Å². The second-order valence-corrected chi connectivity index (χ2v) is 6.83. The monoisotopic (exact) mass is 341 g/mol. The lowest BCUT2D eigenvalue weighted by atomic mass is 9.57. The third kappa shape index (κ3) is 3.43.